The predicted molar refractivity (Wildman–Crippen MR) is 119 cm³/mol. The van der Waals surface area contributed by atoms with Crippen LogP contribution >= 0.6 is 0 Å². The monoisotopic (exact) mass is 402 g/mol. The van der Waals surface area contributed by atoms with Crippen molar-refractivity contribution >= 4 is 17.5 Å². The molecular weight excluding hydrogens is 376 g/mol. The number of carbonyl (C=O) groups excluding carboxylic acids is 2. The maximum Gasteiger partial charge on any atom is 0.254 e. The number of hydrogen-bond acceptors (Lipinski definition) is 3. The van der Waals surface area contributed by atoms with Gasteiger partial charge in [-0.1, -0.05) is 48.5 Å². The number of anilines is 1. The lowest BCUT2D eigenvalue weighted by molar-refractivity contribution is -0.116. The van der Waals surface area contributed by atoms with Crippen LogP contribution in [-0.2, 0) is 17.6 Å². The SMILES string of the molecule is COc1ccc(NC(=O)CN(C)C(=O)c2ccccc2CCc2ccccc2)cc1. The number of nitrogens with zero attached hydrogens (tertiary/aromatic N) is 1. The molecule has 3 aromatic carbocycles. The van der Waals surface area contributed by atoms with Gasteiger partial charge >= 0.3 is 0 Å². The predicted octanol–water partition coefficient (Wildman–Crippen LogP) is 4.19. The number of methoxy groups -OCH3 is 1. The van der Waals surface area contributed by atoms with Crippen LogP contribution in [0.1, 0.15) is 21.5 Å². The minimum absolute atomic E-state index is 0.0299. The molecule has 0 saturated carbocycles. The molecule has 0 heterocycles. The zero-order valence-electron chi connectivity index (χ0n) is 17.3. The van der Waals surface area contributed by atoms with Gasteiger partial charge in [0, 0.05) is 18.3 Å². The summed E-state index contributed by atoms with van der Waals surface area (Å²) in [6.45, 7) is -0.0299. The summed E-state index contributed by atoms with van der Waals surface area (Å²) in [5, 5.41) is 2.80. The van der Waals surface area contributed by atoms with E-state index >= 15 is 0 Å². The van der Waals surface area contributed by atoms with E-state index in [-0.39, 0.29) is 18.4 Å². The first-order valence-electron chi connectivity index (χ1n) is 9.88. The summed E-state index contributed by atoms with van der Waals surface area (Å²) < 4.78 is 5.11. The first kappa shape index (κ1) is 21.1. The van der Waals surface area contributed by atoms with E-state index in [0.29, 0.717) is 17.0 Å². The zero-order valence-corrected chi connectivity index (χ0v) is 17.3. The summed E-state index contributed by atoms with van der Waals surface area (Å²) >= 11 is 0. The van der Waals surface area contributed by atoms with E-state index < -0.39 is 0 Å². The second kappa shape index (κ2) is 10.3. The fourth-order valence-corrected chi connectivity index (χ4v) is 3.24. The van der Waals surface area contributed by atoms with Crippen LogP contribution in [0, 0.1) is 0 Å². The molecule has 0 spiro atoms. The van der Waals surface area contributed by atoms with Crippen LogP contribution in [0.2, 0.25) is 0 Å². The summed E-state index contributed by atoms with van der Waals surface area (Å²) in [7, 11) is 3.23. The van der Waals surface area contributed by atoms with Crippen molar-refractivity contribution in [2.75, 3.05) is 26.0 Å². The maximum atomic E-state index is 13.0. The highest BCUT2D eigenvalue weighted by Crippen LogP contribution is 2.16. The van der Waals surface area contributed by atoms with Crippen LogP contribution in [0.3, 0.4) is 0 Å². The molecule has 2 amide bonds. The molecule has 0 fully saturated rings. The van der Waals surface area contributed by atoms with Crippen LogP contribution in [-0.4, -0.2) is 37.4 Å². The lowest BCUT2D eigenvalue weighted by atomic mass is 9.99. The number of benzene rings is 3. The van der Waals surface area contributed by atoms with Gasteiger partial charge in [-0.05, 0) is 54.3 Å². The highest BCUT2D eigenvalue weighted by molar-refractivity contribution is 6.00. The quantitative estimate of drug-likeness (QED) is 0.615. The van der Waals surface area contributed by atoms with Gasteiger partial charge in [0.25, 0.3) is 5.91 Å². The molecule has 0 aromatic heterocycles. The maximum absolute atomic E-state index is 13.0. The Balaban J connectivity index is 1.61. The molecule has 0 aliphatic carbocycles. The highest BCUT2D eigenvalue weighted by Gasteiger charge is 2.18. The van der Waals surface area contributed by atoms with Crippen molar-refractivity contribution in [1.82, 2.24) is 4.90 Å². The second-order valence-corrected chi connectivity index (χ2v) is 7.08. The Hall–Kier alpha value is -3.60. The molecule has 3 aromatic rings. The van der Waals surface area contributed by atoms with Crippen LogP contribution < -0.4 is 10.1 Å². The number of amides is 2. The van der Waals surface area contributed by atoms with E-state index in [1.54, 1.807) is 38.4 Å². The van der Waals surface area contributed by atoms with E-state index in [1.165, 1.54) is 10.5 Å². The molecule has 0 radical (unpaired) electrons. The third-order valence-corrected chi connectivity index (χ3v) is 4.87. The molecule has 30 heavy (non-hydrogen) atoms. The Labute approximate surface area is 177 Å². The van der Waals surface area contributed by atoms with E-state index in [2.05, 4.69) is 17.4 Å². The summed E-state index contributed by atoms with van der Waals surface area (Å²) in [6.07, 6.45) is 1.62. The molecule has 0 atom stereocenters. The lowest BCUT2D eigenvalue weighted by Gasteiger charge is -2.19. The summed E-state index contributed by atoms with van der Waals surface area (Å²) in [5.41, 5.74) is 3.50. The fourth-order valence-electron chi connectivity index (χ4n) is 3.24. The van der Waals surface area contributed by atoms with Gasteiger partial charge in [0.15, 0.2) is 0 Å². The number of aryl methyl sites for hydroxylation is 2. The number of carbonyl (C=O) groups is 2. The van der Waals surface area contributed by atoms with Crippen LogP contribution in [0.25, 0.3) is 0 Å². The van der Waals surface area contributed by atoms with E-state index in [1.807, 2.05) is 42.5 Å². The Morgan fingerprint density at radius 2 is 1.53 bits per heavy atom. The van der Waals surface area contributed by atoms with Gasteiger partial charge in [-0.3, -0.25) is 9.59 Å². The van der Waals surface area contributed by atoms with Crippen LogP contribution in [0.15, 0.2) is 78.9 Å². The standard InChI is InChI=1S/C25H26N2O3/c1-27(18-24(28)26-21-14-16-22(30-2)17-15-21)25(29)23-11-7-6-10-20(23)13-12-19-8-4-3-5-9-19/h3-11,14-17H,12-13,18H2,1-2H3,(H,26,28). The molecule has 0 saturated heterocycles. The van der Waals surface area contributed by atoms with Gasteiger partial charge < -0.3 is 15.0 Å². The number of ether oxygens (including phenoxy) is 1. The van der Waals surface area contributed by atoms with Crippen molar-refractivity contribution in [3.8, 4) is 5.75 Å². The van der Waals surface area contributed by atoms with Gasteiger partial charge in [0.2, 0.25) is 5.91 Å². The van der Waals surface area contributed by atoms with Crippen molar-refractivity contribution in [2.45, 2.75) is 12.8 Å². The van der Waals surface area contributed by atoms with Crippen molar-refractivity contribution in [3.63, 3.8) is 0 Å². The van der Waals surface area contributed by atoms with Gasteiger partial charge in [-0.15, -0.1) is 0 Å². The third-order valence-electron chi connectivity index (χ3n) is 4.87. The minimum Gasteiger partial charge on any atom is -0.497 e. The number of likely N-dealkylation sites (N-methyl/N-ethyl adjacent to an activating group) is 1. The topological polar surface area (TPSA) is 58.6 Å². The molecule has 0 unspecified atom stereocenters. The molecule has 5 heteroatoms. The van der Waals surface area contributed by atoms with E-state index in [9.17, 15) is 9.59 Å². The molecule has 1 N–H and O–H groups in total. The highest BCUT2D eigenvalue weighted by atomic mass is 16.5. The van der Waals surface area contributed by atoms with Crippen LogP contribution in [0.4, 0.5) is 5.69 Å². The first-order valence-corrected chi connectivity index (χ1v) is 9.88. The molecule has 0 bridgehead atoms. The van der Waals surface area contributed by atoms with Crippen molar-refractivity contribution in [2.24, 2.45) is 0 Å². The summed E-state index contributed by atoms with van der Waals surface area (Å²) in [5.74, 6) is 0.300. The largest absolute Gasteiger partial charge is 0.497 e. The van der Waals surface area contributed by atoms with Crippen molar-refractivity contribution in [3.05, 3.63) is 95.6 Å². The van der Waals surface area contributed by atoms with E-state index in [4.69, 9.17) is 4.74 Å². The van der Waals surface area contributed by atoms with Crippen LogP contribution in [0.5, 0.6) is 5.75 Å². The smallest absolute Gasteiger partial charge is 0.254 e. The van der Waals surface area contributed by atoms with Crippen molar-refractivity contribution in [1.29, 1.82) is 0 Å². The third kappa shape index (κ3) is 5.70. The Morgan fingerprint density at radius 3 is 2.23 bits per heavy atom. The molecule has 3 rings (SSSR count). The zero-order chi connectivity index (χ0) is 21.3. The average Bonchev–Trinajstić information content (AvgIpc) is 2.78. The Kier molecular flexibility index (Phi) is 7.22. The summed E-state index contributed by atoms with van der Waals surface area (Å²) in [4.78, 5) is 26.8. The van der Waals surface area contributed by atoms with Gasteiger partial charge in [0.05, 0.1) is 13.7 Å². The molecule has 0 aliphatic rings. The first-order chi connectivity index (χ1) is 14.6. The average molecular weight is 402 g/mol. The van der Waals surface area contributed by atoms with Gasteiger partial charge in [0.1, 0.15) is 5.75 Å². The van der Waals surface area contributed by atoms with Gasteiger partial charge in [-0.25, -0.2) is 0 Å². The molecule has 154 valence electrons. The summed E-state index contributed by atoms with van der Waals surface area (Å²) in [6, 6.07) is 24.8. The molecule has 0 aliphatic heterocycles. The Bertz CT molecular complexity index is 985. The number of hydrogen-bond donors (Lipinski definition) is 1. The molecular formula is C25H26N2O3. The van der Waals surface area contributed by atoms with E-state index in [0.717, 1.165) is 18.4 Å². The Morgan fingerprint density at radius 1 is 0.867 bits per heavy atom. The number of rotatable bonds is 8. The van der Waals surface area contributed by atoms with Gasteiger partial charge in [-0.2, -0.15) is 0 Å². The second-order valence-electron chi connectivity index (χ2n) is 7.08. The minimum atomic E-state index is -0.252. The number of nitrogens with one attached hydrogen (secondary N) is 1. The normalized spacial score (nSPS) is 10.3. The lowest BCUT2D eigenvalue weighted by Crippen LogP contribution is -2.35. The molecule has 5 nitrogen and oxygen atoms in total. The van der Waals surface area contributed by atoms with Crippen molar-refractivity contribution < 1.29 is 14.3 Å². The fraction of sp³-hybridized carbons (Fsp3) is 0.200.